The first-order valence-corrected chi connectivity index (χ1v) is 31.4. The third-order valence-corrected chi connectivity index (χ3v) is 14.5. The van der Waals surface area contributed by atoms with Gasteiger partial charge < -0.3 is 18.9 Å². The summed E-state index contributed by atoms with van der Waals surface area (Å²) in [5.41, 5.74) is 0. The monoisotopic (exact) mass is 999 g/mol. The van der Waals surface area contributed by atoms with E-state index in [-0.39, 0.29) is 25.6 Å². The molecule has 0 aliphatic carbocycles. The second-order valence-corrected chi connectivity index (χ2v) is 23.2. The summed E-state index contributed by atoms with van der Waals surface area (Å²) in [5, 5.41) is 0. The van der Waals surface area contributed by atoms with E-state index in [4.69, 9.17) is 18.5 Å². The van der Waals surface area contributed by atoms with Crippen LogP contribution in [0.15, 0.2) is 12.2 Å². The molecule has 0 amide bonds. The van der Waals surface area contributed by atoms with Crippen molar-refractivity contribution in [3.63, 3.8) is 0 Å². The molecule has 1 N–H and O–H groups in total. The second kappa shape index (κ2) is 51.6. The third kappa shape index (κ3) is 55.9. The number of quaternary nitrogens is 1. The van der Waals surface area contributed by atoms with Gasteiger partial charge in [-0.3, -0.25) is 18.6 Å². The van der Waals surface area contributed by atoms with Crippen LogP contribution in [0.25, 0.3) is 0 Å². The molecule has 410 valence electrons. The first-order chi connectivity index (χ1) is 33.5. The van der Waals surface area contributed by atoms with Crippen molar-refractivity contribution < 1.29 is 42.1 Å². The number of phosphoric acid groups is 1. The van der Waals surface area contributed by atoms with Gasteiger partial charge in [0, 0.05) is 12.8 Å². The first kappa shape index (κ1) is 67.8. The highest BCUT2D eigenvalue weighted by Crippen LogP contribution is 2.43. The molecule has 0 aliphatic heterocycles. The Morgan fingerprint density at radius 3 is 1.07 bits per heavy atom. The number of likely N-dealkylation sites (N-methyl/N-ethyl adjacent to an activating group) is 1. The predicted octanol–water partition coefficient (Wildman–Crippen LogP) is 18.4. The summed E-state index contributed by atoms with van der Waals surface area (Å²) < 4.78 is 34.5. The number of hydrogen-bond donors (Lipinski definition) is 1. The van der Waals surface area contributed by atoms with E-state index in [1.165, 1.54) is 238 Å². The highest BCUT2D eigenvalue weighted by atomic mass is 31.2. The Morgan fingerprint density at radius 2 is 0.739 bits per heavy atom. The lowest BCUT2D eigenvalue weighted by Gasteiger charge is -2.24. The van der Waals surface area contributed by atoms with Crippen LogP contribution in [-0.4, -0.2) is 74.9 Å². The van der Waals surface area contributed by atoms with E-state index in [0.29, 0.717) is 17.4 Å². The van der Waals surface area contributed by atoms with Crippen LogP contribution in [0.5, 0.6) is 0 Å². The average molecular weight is 1000 g/mol. The lowest BCUT2D eigenvalue weighted by Crippen LogP contribution is -2.37. The maximum absolute atomic E-state index is 12.8. The highest BCUT2D eigenvalue weighted by Gasteiger charge is 2.27. The van der Waals surface area contributed by atoms with Gasteiger partial charge in [0.25, 0.3) is 0 Å². The lowest BCUT2D eigenvalue weighted by atomic mass is 10.0. The number of ether oxygens (including phenoxy) is 2. The summed E-state index contributed by atoms with van der Waals surface area (Å²) in [7, 11) is 1.50. The number of carbonyl (C=O) groups excluding carboxylic acids is 2. The minimum absolute atomic E-state index is 0.0362. The minimum Gasteiger partial charge on any atom is -0.462 e. The van der Waals surface area contributed by atoms with Crippen molar-refractivity contribution in [2.75, 3.05) is 47.5 Å². The Morgan fingerprint density at radius 1 is 0.435 bits per heavy atom. The van der Waals surface area contributed by atoms with Crippen LogP contribution in [0, 0.1) is 0 Å². The van der Waals surface area contributed by atoms with Crippen LogP contribution in [-0.2, 0) is 32.7 Å². The lowest BCUT2D eigenvalue weighted by molar-refractivity contribution is -0.870. The summed E-state index contributed by atoms with van der Waals surface area (Å²) in [4.78, 5) is 35.6. The maximum atomic E-state index is 12.8. The van der Waals surface area contributed by atoms with Gasteiger partial charge in [0.1, 0.15) is 19.8 Å². The van der Waals surface area contributed by atoms with E-state index in [1.54, 1.807) is 0 Å². The fourth-order valence-electron chi connectivity index (χ4n) is 8.90. The van der Waals surface area contributed by atoms with E-state index in [1.807, 2.05) is 21.1 Å². The number of unbranched alkanes of at least 4 members (excludes halogenated alkanes) is 40. The van der Waals surface area contributed by atoms with Crippen molar-refractivity contribution in [2.24, 2.45) is 0 Å². The first-order valence-electron chi connectivity index (χ1n) is 29.9. The van der Waals surface area contributed by atoms with Crippen molar-refractivity contribution in [1.29, 1.82) is 0 Å². The molecule has 2 atom stereocenters. The molecule has 0 heterocycles. The quantitative estimate of drug-likeness (QED) is 0.0211. The number of esters is 2. The topological polar surface area (TPSA) is 108 Å². The fraction of sp³-hybridized carbons (Fsp3) is 0.932. The Labute approximate surface area is 428 Å². The standard InChI is InChI=1S/C59H116NO8P/c1-6-8-10-12-14-16-18-20-22-23-24-25-26-27-28-29-30-31-32-33-34-35-36-37-38-40-42-44-46-48-50-52-59(62)68-57(56-67-69(63,64)66-54-53-60(3,4)5)55-65-58(61)51-49-47-45-43-41-39-21-19-17-15-13-11-9-7-2/h23-24,57H,6-22,25-56H2,1-5H3/p+1/b24-23-. The number of hydrogen-bond acceptors (Lipinski definition) is 7. The molecule has 2 unspecified atom stereocenters. The van der Waals surface area contributed by atoms with Gasteiger partial charge in [-0.25, -0.2) is 4.57 Å². The molecule has 10 heteroatoms. The second-order valence-electron chi connectivity index (χ2n) is 21.7. The van der Waals surface area contributed by atoms with Crippen molar-refractivity contribution in [2.45, 2.75) is 309 Å². The Kier molecular flexibility index (Phi) is 50.7. The van der Waals surface area contributed by atoms with Crippen LogP contribution in [0.4, 0.5) is 0 Å². The van der Waals surface area contributed by atoms with E-state index in [0.717, 1.165) is 38.5 Å². The van der Waals surface area contributed by atoms with Crippen LogP contribution in [0.3, 0.4) is 0 Å². The Balaban J connectivity index is 3.99. The van der Waals surface area contributed by atoms with Gasteiger partial charge in [0.2, 0.25) is 0 Å². The molecule has 0 aliphatic rings. The number of allylic oxidation sites excluding steroid dienone is 2. The minimum atomic E-state index is -4.38. The molecule has 9 nitrogen and oxygen atoms in total. The Hall–Kier alpha value is -1.25. The van der Waals surface area contributed by atoms with Crippen LogP contribution < -0.4 is 0 Å². The molecule has 0 aromatic rings. The van der Waals surface area contributed by atoms with Crippen molar-refractivity contribution in [3.8, 4) is 0 Å². The smallest absolute Gasteiger partial charge is 0.462 e. The van der Waals surface area contributed by atoms with Crippen molar-refractivity contribution >= 4 is 19.8 Å². The maximum Gasteiger partial charge on any atom is 0.472 e. The van der Waals surface area contributed by atoms with Gasteiger partial charge >= 0.3 is 19.8 Å². The molecule has 0 saturated heterocycles. The molecular weight excluding hydrogens is 882 g/mol. The molecule has 0 aromatic carbocycles. The predicted molar refractivity (Wildman–Crippen MR) is 294 cm³/mol. The normalized spacial score (nSPS) is 13.3. The number of nitrogens with zero attached hydrogens (tertiary/aromatic N) is 1. The highest BCUT2D eigenvalue weighted by molar-refractivity contribution is 7.47. The molecule has 69 heavy (non-hydrogen) atoms. The molecule has 0 radical (unpaired) electrons. The fourth-order valence-corrected chi connectivity index (χ4v) is 9.64. The largest absolute Gasteiger partial charge is 0.472 e. The molecule has 0 spiro atoms. The van der Waals surface area contributed by atoms with E-state index < -0.39 is 26.5 Å². The van der Waals surface area contributed by atoms with Gasteiger partial charge in [-0.05, 0) is 38.5 Å². The van der Waals surface area contributed by atoms with Crippen molar-refractivity contribution in [1.82, 2.24) is 0 Å². The zero-order valence-electron chi connectivity index (χ0n) is 46.6. The number of carbonyl (C=O) groups is 2. The van der Waals surface area contributed by atoms with E-state index in [2.05, 4.69) is 26.0 Å². The van der Waals surface area contributed by atoms with Crippen LogP contribution in [0.1, 0.15) is 303 Å². The summed E-state index contributed by atoms with van der Waals surface area (Å²) in [6.45, 7) is 4.49. The molecule has 0 rings (SSSR count). The van der Waals surface area contributed by atoms with Crippen LogP contribution in [0.2, 0.25) is 0 Å². The van der Waals surface area contributed by atoms with Gasteiger partial charge in [-0.15, -0.1) is 0 Å². The summed E-state index contributed by atoms with van der Waals surface area (Å²) in [6.07, 6.45) is 60.1. The van der Waals surface area contributed by atoms with Gasteiger partial charge in [-0.2, -0.15) is 0 Å². The zero-order chi connectivity index (χ0) is 50.6. The SMILES string of the molecule is CCCCCCCCCC/C=C\CCCCCCCCCCCCCCCCCCCCCC(=O)OC(COC(=O)CCCCCCCCCCCCCCCC)COP(=O)(O)OCC[N+](C)(C)C. The summed E-state index contributed by atoms with van der Waals surface area (Å²) in [6, 6.07) is 0. The van der Waals surface area contributed by atoms with Crippen LogP contribution >= 0.6 is 7.82 Å². The van der Waals surface area contributed by atoms with Gasteiger partial charge in [0.05, 0.1) is 27.7 Å². The van der Waals surface area contributed by atoms with Gasteiger partial charge in [0.15, 0.2) is 6.10 Å². The molecule has 0 saturated carbocycles. The van der Waals surface area contributed by atoms with Crippen molar-refractivity contribution in [3.05, 3.63) is 12.2 Å². The molecule has 0 fully saturated rings. The van der Waals surface area contributed by atoms with E-state index in [9.17, 15) is 19.0 Å². The average Bonchev–Trinajstić information content (AvgIpc) is 3.31. The molecular formula is C59H117NO8P+. The molecule has 0 aromatic heterocycles. The Bertz CT molecular complexity index is 1180. The number of rotatable bonds is 56. The van der Waals surface area contributed by atoms with E-state index >= 15 is 0 Å². The third-order valence-electron chi connectivity index (χ3n) is 13.5. The number of phosphoric ester groups is 1. The summed E-state index contributed by atoms with van der Waals surface area (Å²) in [5.74, 6) is -0.778. The summed E-state index contributed by atoms with van der Waals surface area (Å²) >= 11 is 0. The zero-order valence-corrected chi connectivity index (χ0v) is 47.5. The molecule has 0 bridgehead atoms. The van der Waals surface area contributed by atoms with Gasteiger partial charge in [-0.1, -0.05) is 264 Å².